The highest BCUT2D eigenvalue weighted by Gasteiger charge is 2.58. The summed E-state index contributed by atoms with van der Waals surface area (Å²) in [7, 11) is 8.33. The largest absolute Gasteiger partial charge is 0.393 e. The molecule has 0 spiro atoms. The number of hydroxylamine groups is 2. The average Bonchev–Trinajstić information content (AvgIpc) is 3.44. The smallest absolute Gasteiger partial charge is 0.240 e. The van der Waals surface area contributed by atoms with Gasteiger partial charge in [-0.3, -0.25) is 14.4 Å². The highest BCUT2D eigenvalue weighted by molar-refractivity contribution is 5.83. The van der Waals surface area contributed by atoms with Crippen LogP contribution in [-0.2, 0) is 19.2 Å². The lowest BCUT2D eigenvalue weighted by Gasteiger charge is -2.62. The van der Waals surface area contributed by atoms with E-state index in [1.54, 1.807) is 6.92 Å². The Balaban J connectivity index is 1.33. The standard InChI is InChI=1S/C39H72N6O5/c1-10-49-36-25(12-11-13-30(36)26-16-27(18-29(17-26)44(8)9)37(47)41-14-15-43(6)7)22-45-35(34(24(3)46)33(21-40)50-45)38(48)42-32-20-28-19-31(23(32)2)39(28,4)5/h23-36,46H,10-22,40H2,1-9H3,(H,41,47)(H,42,48)/t23-,24-,25?,26?,27?,28+,29?,30?,31-,32+,33-,34+,35-,36?/m0/s1. The number of rotatable bonds is 14. The van der Waals surface area contributed by atoms with Crippen molar-refractivity contribution in [3.63, 3.8) is 0 Å². The van der Waals surface area contributed by atoms with Gasteiger partial charge in [-0.25, -0.2) is 0 Å². The molecule has 2 bridgehead atoms. The highest BCUT2D eigenvalue weighted by Crippen LogP contribution is 2.61. The molecule has 0 aromatic carbocycles. The summed E-state index contributed by atoms with van der Waals surface area (Å²) < 4.78 is 6.67. The monoisotopic (exact) mass is 705 g/mol. The van der Waals surface area contributed by atoms with Crippen LogP contribution >= 0.6 is 0 Å². The molecule has 14 atom stereocenters. The zero-order valence-corrected chi connectivity index (χ0v) is 32.8. The van der Waals surface area contributed by atoms with Crippen molar-refractivity contribution in [3.05, 3.63) is 0 Å². The molecule has 5 saturated carbocycles. The van der Waals surface area contributed by atoms with E-state index >= 15 is 0 Å². The number of carbonyl (C=O) groups excluding carboxylic acids is 2. The molecule has 6 aliphatic rings. The summed E-state index contributed by atoms with van der Waals surface area (Å²) in [5.74, 6) is 2.20. The number of aliphatic hydroxyl groups is 1. The Kier molecular flexibility index (Phi) is 13.4. The maximum atomic E-state index is 14.3. The maximum Gasteiger partial charge on any atom is 0.240 e. The van der Waals surface area contributed by atoms with Crippen molar-refractivity contribution in [3.8, 4) is 0 Å². The number of nitrogens with two attached hydrogens (primary N) is 1. The summed E-state index contributed by atoms with van der Waals surface area (Å²) in [6, 6.07) is -0.147. The van der Waals surface area contributed by atoms with Crippen LogP contribution in [0.25, 0.3) is 0 Å². The number of nitrogens with one attached hydrogen (secondary N) is 2. The van der Waals surface area contributed by atoms with Crippen LogP contribution < -0.4 is 16.4 Å². The van der Waals surface area contributed by atoms with Crippen molar-refractivity contribution < 1.29 is 24.3 Å². The normalized spacial score (nSPS) is 40.8. The zero-order valence-electron chi connectivity index (χ0n) is 32.8. The van der Waals surface area contributed by atoms with Gasteiger partial charge in [-0.1, -0.05) is 27.2 Å². The molecule has 6 fully saturated rings. The number of hydrogen-bond donors (Lipinski definition) is 4. The summed E-state index contributed by atoms with van der Waals surface area (Å²) >= 11 is 0. The molecule has 50 heavy (non-hydrogen) atoms. The highest BCUT2D eigenvalue weighted by atomic mass is 16.7. The van der Waals surface area contributed by atoms with E-state index in [0.29, 0.717) is 60.7 Å². The second kappa shape index (κ2) is 16.8. The van der Waals surface area contributed by atoms with E-state index in [1.165, 1.54) is 6.42 Å². The Hall–Kier alpha value is -1.34. The van der Waals surface area contributed by atoms with E-state index < -0.39 is 24.2 Å². The van der Waals surface area contributed by atoms with Crippen molar-refractivity contribution >= 4 is 11.8 Å². The second-order valence-electron chi connectivity index (χ2n) is 18.0. The van der Waals surface area contributed by atoms with Crippen LogP contribution in [-0.4, -0.2) is 129 Å². The molecule has 1 heterocycles. The van der Waals surface area contributed by atoms with E-state index in [-0.39, 0.29) is 42.3 Å². The zero-order chi connectivity index (χ0) is 36.5. The first-order valence-corrected chi connectivity index (χ1v) is 20.0. The maximum absolute atomic E-state index is 14.3. The van der Waals surface area contributed by atoms with Crippen LogP contribution in [0, 0.1) is 52.8 Å². The molecular weight excluding hydrogens is 632 g/mol. The topological polar surface area (TPSA) is 133 Å². The lowest BCUT2D eigenvalue weighted by Crippen LogP contribution is -2.62. The van der Waals surface area contributed by atoms with Gasteiger partial charge < -0.3 is 36.0 Å². The molecule has 11 nitrogen and oxygen atoms in total. The quantitative estimate of drug-likeness (QED) is 0.216. The van der Waals surface area contributed by atoms with Crippen molar-refractivity contribution in [1.82, 2.24) is 25.5 Å². The van der Waals surface area contributed by atoms with E-state index in [2.05, 4.69) is 62.2 Å². The Morgan fingerprint density at radius 2 is 1.82 bits per heavy atom. The van der Waals surface area contributed by atoms with Crippen LogP contribution in [0.15, 0.2) is 0 Å². The minimum atomic E-state index is -0.742. The number of ether oxygens (including phenoxy) is 1. The third kappa shape index (κ3) is 8.39. The molecule has 11 heteroatoms. The molecule has 2 amide bonds. The molecule has 6 rings (SSSR count). The van der Waals surface area contributed by atoms with Crippen LogP contribution in [0.1, 0.15) is 86.0 Å². The van der Waals surface area contributed by atoms with Crippen LogP contribution in [0.5, 0.6) is 0 Å². The van der Waals surface area contributed by atoms with Crippen molar-refractivity contribution in [2.75, 3.05) is 61.0 Å². The fraction of sp³-hybridized carbons (Fsp3) is 0.949. The van der Waals surface area contributed by atoms with E-state index in [1.807, 2.05) is 19.2 Å². The SMILES string of the molecule is CCOC1C(CN2O[C@@H](CN)[C@@H]([C@H](C)O)[C@H]2C(=O)N[C@@H]2C[C@H]3C[C@@H]([C@@H]2C)C3(C)C)CCCC1C1CC(C(=O)NCCN(C)C)CC(N(C)C)C1. The first-order chi connectivity index (χ1) is 23.7. The second-order valence-corrected chi connectivity index (χ2v) is 18.0. The minimum absolute atomic E-state index is 0.000868. The Bertz CT molecular complexity index is 1140. The van der Waals surface area contributed by atoms with Gasteiger partial charge in [0, 0.05) is 62.6 Å². The van der Waals surface area contributed by atoms with Gasteiger partial charge in [0.25, 0.3) is 0 Å². The number of likely N-dealkylation sites (N-methyl/N-ethyl adjacent to an activating group) is 1. The summed E-state index contributed by atoms with van der Waals surface area (Å²) in [5.41, 5.74) is 6.57. The molecule has 5 aliphatic carbocycles. The van der Waals surface area contributed by atoms with Gasteiger partial charge in [0.1, 0.15) is 6.04 Å². The predicted molar refractivity (Wildman–Crippen MR) is 197 cm³/mol. The molecule has 5 N–H and O–H groups in total. The number of hydrogen-bond acceptors (Lipinski definition) is 9. The molecular formula is C39H72N6O5. The Morgan fingerprint density at radius 1 is 1.08 bits per heavy atom. The van der Waals surface area contributed by atoms with Gasteiger partial charge >= 0.3 is 0 Å². The number of amides is 2. The Morgan fingerprint density at radius 3 is 2.42 bits per heavy atom. The van der Waals surface area contributed by atoms with Crippen LogP contribution in [0.3, 0.4) is 0 Å². The average molecular weight is 705 g/mol. The van der Waals surface area contributed by atoms with Gasteiger partial charge in [-0.05, 0) is 122 Å². The molecule has 1 saturated heterocycles. The van der Waals surface area contributed by atoms with E-state index in [0.717, 1.165) is 51.5 Å². The molecule has 288 valence electrons. The van der Waals surface area contributed by atoms with E-state index in [4.69, 9.17) is 15.3 Å². The predicted octanol–water partition coefficient (Wildman–Crippen LogP) is 2.96. The van der Waals surface area contributed by atoms with E-state index in [9.17, 15) is 14.7 Å². The fourth-order valence-corrected chi connectivity index (χ4v) is 11.1. The number of nitrogens with zero attached hydrogens (tertiary/aromatic N) is 3. The fourth-order valence-electron chi connectivity index (χ4n) is 11.1. The van der Waals surface area contributed by atoms with Crippen molar-refractivity contribution in [2.45, 2.75) is 122 Å². The first-order valence-electron chi connectivity index (χ1n) is 20.0. The summed E-state index contributed by atoms with van der Waals surface area (Å²) in [6.45, 7) is 13.8. The summed E-state index contributed by atoms with van der Waals surface area (Å²) in [4.78, 5) is 38.7. The van der Waals surface area contributed by atoms with Crippen LogP contribution in [0.4, 0.5) is 0 Å². The first kappa shape index (κ1) is 39.9. The minimum Gasteiger partial charge on any atom is -0.393 e. The molecule has 6 unspecified atom stereocenters. The third-order valence-corrected chi connectivity index (χ3v) is 14.2. The summed E-state index contributed by atoms with van der Waals surface area (Å²) in [6.07, 6.45) is 7.03. The molecule has 1 aliphatic heterocycles. The molecule has 0 aromatic heterocycles. The number of aliphatic hydroxyl groups excluding tert-OH is 1. The van der Waals surface area contributed by atoms with Gasteiger partial charge in [0.2, 0.25) is 11.8 Å². The van der Waals surface area contributed by atoms with Crippen LogP contribution in [0.2, 0.25) is 0 Å². The van der Waals surface area contributed by atoms with Gasteiger partial charge in [-0.15, -0.1) is 0 Å². The molecule has 0 aromatic rings. The van der Waals surface area contributed by atoms with Gasteiger partial charge in [0.15, 0.2) is 0 Å². The lowest BCUT2D eigenvalue weighted by molar-refractivity contribution is -0.188. The van der Waals surface area contributed by atoms with Gasteiger partial charge in [-0.2, -0.15) is 5.06 Å². The lowest BCUT2D eigenvalue weighted by atomic mass is 9.45. The summed E-state index contributed by atoms with van der Waals surface area (Å²) in [5, 5.41) is 19.6. The number of carbonyl (C=O) groups is 2. The number of fused-ring (bicyclic) bond motifs is 2. The Labute approximate surface area is 303 Å². The van der Waals surface area contributed by atoms with Crippen molar-refractivity contribution in [2.24, 2.45) is 58.5 Å². The molecule has 0 radical (unpaired) electrons. The van der Waals surface area contributed by atoms with Crippen molar-refractivity contribution in [1.29, 1.82) is 0 Å². The third-order valence-electron chi connectivity index (χ3n) is 14.2. The van der Waals surface area contributed by atoms with Gasteiger partial charge in [0.05, 0.1) is 18.3 Å².